The van der Waals surface area contributed by atoms with E-state index in [1.165, 1.54) is 12.1 Å². The first-order valence-corrected chi connectivity index (χ1v) is 7.09. The third-order valence-corrected chi connectivity index (χ3v) is 3.33. The van der Waals surface area contributed by atoms with Gasteiger partial charge in [0.2, 0.25) is 5.91 Å². The van der Waals surface area contributed by atoms with Crippen molar-refractivity contribution in [1.82, 2.24) is 5.43 Å². The Hall–Kier alpha value is -3.02. The summed E-state index contributed by atoms with van der Waals surface area (Å²) in [5, 5.41) is 14.6. The zero-order chi connectivity index (χ0) is 16.8. The van der Waals surface area contributed by atoms with E-state index in [1.807, 2.05) is 31.2 Å². The van der Waals surface area contributed by atoms with Gasteiger partial charge in [-0.3, -0.25) is 14.9 Å². The van der Waals surface area contributed by atoms with E-state index in [0.29, 0.717) is 11.3 Å². The van der Waals surface area contributed by atoms with Crippen molar-refractivity contribution in [2.45, 2.75) is 20.3 Å². The van der Waals surface area contributed by atoms with Crippen LogP contribution in [0.5, 0.6) is 0 Å². The van der Waals surface area contributed by atoms with Crippen molar-refractivity contribution >= 4 is 17.3 Å². The molecule has 0 aliphatic rings. The predicted molar refractivity (Wildman–Crippen MR) is 88.3 cm³/mol. The third-order valence-electron chi connectivity index (χ3n) is 3.33. The predicted octanol–water partition coefficient (Wildman–Crippen LogP) is 2.99. The van der Waals surface area contributed by atoms with Crippen LogP contribution in [0.3, 0.4) is 0 Å². The second-order valence-electron chi connectivity index (χ2n) is 5.20. The van der Waals surface area contributed by atoms with Crippen molar-refractivity contribution in [3.63, 3.8) is 0 Å². The highest BCUT2D eigenvalue weighted by atomic mass is 16.6. The molecule has 2 rings (SSSR count). The van der Waals surface area contributed by atoms with Gasteiger partial charge in [-0.1, -0.05) is 29.8 Å². The number of hydrazone groups is 1. The molecule has 0 saturated heterocycles. The first-order valence-electron chi connectivity index (χ1n) is 7.09. The molecule has 0 spiro atoms. The van der Waals surface area contributed by atoms with E-state index in [0.717, 1.165) is 11.1 Å². The van der Waals surface area contributed by atoms with Crippen molar-refractivity contribution in [3.05, 3.63) is 75.3 Å². The number of non-ortho nitro benzene ring substituents is 1. The van der Waals surface area contributed by atoms with Crippen molar-refractivity contribution in [2.24, 2.45) is 5.10 Å². The van der Waals surface area contributed by atoms with Crippen LogP contribution in [-0.4, -0.2) is 16.5 Å². The molecule has 118 valence electrons. The number of aryl methyl sites for hydroxylation is 1. The molecule has 0 saturated carbocycles. The zero-order valence-corrected chi connectivity index (χ0v) is 12.9. The molecule has 2 aromatic carbocycles. The summed E-state index contributed by atoms with van der Waals surface area (Å²) in [6.45, 7) is 3.72. The maximum Gasteiger partial charge on any atom is 0.269 e. The van der Waals surface area contributed by atoms with E-state index < -0.39 is 4.92 Å². The van der Waals surface area contributed by atoms with Crippen LogP contribution >= 0.6 is 0 Å². The van der Waals surface area contributed by atoms with Gasteiger partial charge >= 0.3 is 0 Å². The van der Waals surface area contributed by atoms with Crippen LogP contribution in [0, 0.1) is 17.0 Å². The summed E-state index contributed by atoms with van der Waals surface area (Å²) in [7, 11) is 0. The van der Waals surface area contributed by atoms with Gasteiger partial charge in [0.15, 0.2) is 0 Å². The van der Waals surface area contributed by atoms with Crippen LogP contribution < -0.4 is 5.43 Å². The standard InChI is InChI=1S/C17H17N3O3/c1-12-3-5-14(6-4-12)11-17(21)19-18-13(2)15-7-9-16(10-8-15)20(22)23/h3-10H,11H2,1-2H3,(H,19,21)/b18-13-. The Bertz CT molecular complexity index is 735. The molecule has 0 atom stereocenters. The number of benzene rings is 2. The maximum atomic E-state index is 11.9. The van der Waals surface area contributed by atoms with E-state index >= 15 is 0 Å². The lowest BCUT2D eigenvalue weighted by atomic mass is 10.1. The number of hydrogen-bond acceptors (Lipinski definition) is 4. The molecule has 0 unspecified atom stereocenters. The molecule has 6 heteroatoms. The van der Waals surface area contributed by atoms with Gasteiger partial charge in [0.25, 0.3) is 5.69 Å². The molecule has 0 heterocycles. The van der Waals surface area contributed by atoms with Crippen molar-refractivity contribution in [1.29, 1.82) is 0 Å². The van der Waals surface area contributed by atoms with Gasteiger partial charge in [0.05, 0.1) is 17.1 Å². The molecule has 2 aromatic rings. The smallest absolute Gasteiger partial charge is 0.269 e. The largest absolute Gasteiger partial charge is 0.273 e. The number of nitro benzene ring substituents is 1. The number of hydrogen-bond donors (Lipinski definition) is 1. The van der Waals surface area contributed by atoms with Gasteiger partial charge in [-0.25, -0.2) is 5.43 Å². The summed E-state index contributed by atoms with van der Waals surface area (Å²) in [6.07, 6.45) is 0.247. The van der Waals surface area contributed by atoms with Gasteiger partial charge in [0, 0.05) is 12.1 Å². The van der Waals surface area contributed by atoms with Crippen molar-refractivity contribution in [3.8, 4) is 0 Å². The number of carbonyl (C=O) groups is 1. The van der Waals surface area contributed by atoms with Crippen LogP contribution in [0.4, 0.5) is 5.69 Å². The number of nitrogens with one attached hydrogen (secondary N) is 1. The average molecular weight is 311 g/mol. The lowest BCUT2D eigenvalue weighted by molar-refractivity contribution is -0.384. The third kappa shape index (κ3) is 4.74. The SMILES string of the molecule is C/C(=N/NC(=O)Cc1ccc(C)cc1)c1ccc([N+](=O)[O-])cc1. The van der Waals surface area contributed by atoms with Gasteiger partial charge < -0.3 is 0 Å². The Morgan fingerprint density at radius 2 is 1.74 bits per heavy atom. The summed E-state index contributed by atoms with van der Waals surface area (Å²) < 4.78 is 0. The molecule has 0 aliphatic heterocycles. The first kappa shape index (κ1) is 16.4. The summed E-state index contributed by atoms with van der Waals surface area (Å²) >= 11 is 0. The summed E-state index contributed by atoms with van der Waals surface area (Å²) in [5.74, 6) is -0.213. The van der Waals surface area contributed by atoms with Crippen LogP contribution in [0.1, 0.15) is 23.6 Å². The normalized spacial score (nSPS) is 11.1. The van der Waals surface area contributed by atoms with Gasteiger partial charge in [0.1, 0.15) is 0 Å². The molecule has 0 radical (unpaired) electrons. The molecular weight excluding hydrogens is 294 g/mol. The average Bonchev–Trinajstić information content (AvgIpc) is 2.55. The monoisotopic (exact) mass is 311 g/mol. The van der Waals surface area contributed by atoms with E-state index in [-0.39, 0.29) is 18.0 Å². The van der Waals surface area contributed by atoms with Crippen molar-refractivity contribution < 1.29 is 9.72 Å². The number of amides is 1. The molecule has 0 fully saturated rings. The molecule has 1 N–H and O–H groups in total. The fourth-order valence-electron chi connectivity index (χ4n) is 1.97. The molecule has 0 aliphatic carbocycles. The first-order chi connectivity index (χ1) is 11.0. The fourth-order valence-corrected chi connectivity index (χ4v) is 1.97. The highest BCUT2D eigenvalue weighted by Crippen LogP contribution is 2.12. The van der Waals surface area contributed by atoms with E-state index in [1.54, 1.807) is 19.1 Å². The van der Waals surface area contributed by atoms with E-state index in [9.17, 15) is 14.9 Å². The summed E-state index contributed by atoms with van der Waals surface area (Å²) in [4.78, 5) is 22.0. The van der Waals surface area contributed by atoms with Gasteiger partial charge in [-0.05, 0) is 37.1 Å². The Labute approximate surface area is 134 Å². The lowest BCUT2D eigenvalue weighted by Gasteiger charge is -2.04. The van der Waals surface area contributed by atoms with Crippen LogP contribution in [0.25, 0.3) is 0 Å². The van der Waals surface area contributed by atoms with Crippen LogP contribution in [-0.2, 0) is 11.2 Å². The van der Waals surface area contributed by atoms with Crippen LogP contribution in [0.15, 0.2) is 53.6 Å². The molecule has 23 heavy (non-hydrogen) atoms. The molecular formula is C17H17N3O3. The Balaban J connectivity index is 1.96. The Kier molecular flexibility index (Phi) is 5.19. The van der Waals surface area contributed by atoms with Crippen molar-refractivity contribution in [2.75, 3.05) is 0 Å². The quantitative estimate of drug-likeness (QED) is 0.523. The van der Waals surface area contributed by atoms with E-state index in [2.05, 4.69) is 10.5 Å². The number of nitrogens with zero attached hydrogens (tertiary/aromatic N) is 2. The minimum atomic E-state index is -0.459. The fraction of sp³-hybridized carbons (Fsp3) is 0.176. The Morgan fingerprint density at radius 1 is 1.13 bits per heavy atom. The second kappa shape index (κ2) is 7.31. The van der Waals surface area contributed by atoms with Crippen LogP contribution in [0.2, 0.25) is 0 Å². The molecule has 1 amide bonds. The van der Waals surface area contributed by atoms with Gasteiger partial charge in [-0.15, -0.1) is 0 Å². The van der Waals surface area contributed by atoms with E-state index in [4.69, 9.17) is 0 Å². The topological polar surface area (TPSA) is 84.6 Å². The zero-order valence-electron chi connectivity index (χ0n) is 12.9. The summed E-state index contributed by atoms with van der Waals surface area (Å²) in [5.41, 5.74) is 5.86. The maximum absolute atomic E-state index is 11.9. The molecule has 0 aromatic heterocycles. The van der Waals surface area contributed by atoms with Gasteiger partial charge in [-0.2, -0.15) is 5.10 Å². The number of nitro groups is 1. The number of rotatable bonds is 5. The highest BCUT2D eigenvalue weighted by molar-refractivity contribution is 5.99. The minimum Gasteiger partial charge on any atom is -0.273 e. The molecule has 6 nitrogen and oxygen atoms in total. The summed E-state index contributed by atoms with van der Waals surface area (Å²) in [6, 6.07) is 13.7. The number of carbonyl (C=O) groups excluding carboxylic acids is 1. The highest BCUT2D eigenvalue weighted by Gasteiger charge is 2.06. The lowest BCUT2D eigenvalue weighted by Crippen LogP contribution is -2.21. The molecule has 0 bridgehead atoms. The Morgan fingerprint density at radius 3 is 2.30 bits per heavy atom. The minimum absolute atomic E-state index is 0.0185. The second-order valence-corrected chi connectivity index (χ2v) is 5.20.